The summed E-state index contributed by atoms with van der Waals surface area (Å²) in [5, 5.41) is 4.15. The molecule has 3 aromatic rings. The van der Waals surface area contributed by atoms with Crippen LogP contribution in [0.5, 0.6) is 5.75 Å². The van der Waals surface area contributed by atoms with Gasteiger partial charge in [0.25, 0.3) is 5.91 Å². The Morgan fingerprint density at radius 3 is 2.08 bits per heavy atom. The average Bonchev–Trinajstić information content (AvgIpc) is 2.72. The van der Waals surface area contributed by atoms with Crippen molar-refractivity contribution in [2.24, 2.45) is 5.10 Å². The second-order valence-corrected chi connectivity index (χ2v) is 5.78. The topological polar surface area (TPSA) is 50.7 Å². The van der Waals surface area contributed by atoms with Crippen molar-refractivity contribution in [3.8, 4) is 16.9 Å². The van der Waals surface area contributed by atoms with Crippen LogP contribution in [0.4, 0.5) is 0 Å². The Morgan fingerprint density at radius 1 is 0.846 bits per heavy atom. The Bertz CT molecular complexity index is 873. The van der Waals surface area contributed by atoms with E-state index in [-0.39, 0.29) is 12.5 Å². The molecule has 3 rings (SSSR count). The van der Waals surface area contributed by atoms with Crippen molar-refractivity contribution in [1.29, 1.82) is 0 Å². The van der Waals surface area contributed by atoms with Gasteiger partial charge in [-0.25, -0.2) is 5.43 Å². The second-order valence-electron chi connectivity index (χ2n) is 5.78. The quantitative estimate of drug-likeness (QED) is 0.536. The lowest BCUT2D eigenvalue weighted by molar-refractivity contribution is -0.123. The van der Waals surface area contributed by atoms with Crippen molar-refractivity contribution < 1.29 is 9.53 Å². The lowest BCUT2D eigenvalue weighted by atomic mass is 10.0. The molecular formula is C22H20N2O2. The number of hydrazone groups is 1. The molecule has 0 aliphatic carbocycles. The van der Waals surface area contributed by atoms with E-state index in [9.17, 15) is 4.79 Å². The number of nitrogens with one attached hydrogen (secondary N) is 1. The van der Waals surface area contributed by atoms with E-state index < -0.39 is 0 Å². The van der Waals surface area contributed by atoms with Gasteiger partial charge in [-0.3, -0.25) is 4.79 Å². The van der Waals surface area contributed by atoms with Gasteiger partial charge in [-0.05, 0) is 35.7 Å². The second kappa shape index (κ2) is 8.62. The maximum absolute atomic E-state index is 11.8. The zero-order chi connectivity index (χ0) is 18.2. The molecule has 4 heteroatoms. The first-order valence-corrected chi connectivity index (χ1v) is 8.39. The normalized spacial score (nSPS) is 11.0. The molecular weight excluding hydrogens is 324 g/mol. The molecule has 0 saturated carbocycles. The molecule has 0 unspecified atom stereocenters. The van der Waals surface area contributed by atoms with Crippen molar-refractivity contribution in [3.63, 3.8) is 0 Å². The standard InChI is InChI=1S/C22H20N2O2/c1-17(23-24-22(25)16-26-21-10-6-3-7-11-21)18-12-14-20(15-13-18)19-8-4-2-5-9-19/h2-15H,16H2,1H3,(H,24,25)/b23-17+. The van der Waals surface area contributed by atoms with Crippen LogP contribution >= 0.6 is 0 Å². The summed E-state index contributed by atoms with van der Waals surface area (Å²) >= 11 is 0. The van der Waals surface area contributed by atoms with Crippen LogP contribution in [0.3, 0.4) is 0 Å². The van der Waals surface area contributed by atoms with Gasteiger partial charge in [-0.15, -0.1) is 0 Å². The third-order valence-corrected chi connectivity index (χ3v) is 3.87. The summed E-state index contributed by atoms with van der Waals surface area (Å²) in [5.41, 5.74) is 6.52. The first-order chi connectivity index (χ1) is 12.7. The van der Waals surface area contributed by atoms with Crippen LogP contribution in [0.2, 0.25) is 0 Å². The summed E-state index contributed by atoms with van der Waals surface area (Å²) in [6.07, 6.45) is 0. The Labute approximate surface area is 153 Å². The molecule has 0 radical (unpaired) electrons. The molecule has 0 aromatic heterocycles. The Morgan fingerprint density at radius 2 is 1.42 bits per heavy atom. The van der Waals surface area contributed by atoms with Crippen LogP contribution in [0.15, 0.2) is 90.0 Å². The number of hydrogen-bond donors (Lipinski definition) is 1. The Hall–Kier alpha value is -3.40. The average molecular weight is 344 g/mol. The van der Waals surface area contributed by atoms with Crippen molar-refractivity contribution >= 4 is 11.6 Å². The lowest BCUT2D eigenvalue weighted by Gasteiger charge is -2.06. The van der Waals surface area contributed by atoms with Gasteiger partial charge in [0.15, 0.2) is 6.61 Å². The number of carbonyl (C=O) groups excluding carboxylic acids is 1. The molecule has 130 valence electrons. The van der Waals surface area contributed by atoms with Crippen LogP contribution in [-0.4, -0.2) is 18.2 Å². The molecule has 0 heterocycles. The van der Waals surface area contributed by atoms with Gasteiger partial charge in [-0.1, -0.05) is 72.8 Å². The number of amides is 1. The van der Waals surface area contributed by atoms with E-state index in [4.69, 9.17) is 4.74 Å². The summed E-state index contributed by atoms with van der Waals surface area (Å²) in [4.78, 5) is 11.8. The fourth-order valence-corrected chi connectivity index (χ4v) is 2.44. The van der Waals surface area contributed by atoms with E-state index >= 15 is 0 Å². The number of ether oxygens (including phenoxy) is 1. The van der Waals surface area contributed by atoms with Crippen LogP contribution in [0.25, 0.3) is 11.1 Å². The van der Waals surface area contributed by atoms with E-state index in [1.165, 1.54) is 5.56 Å². The number of benzene rings is 3. The number of rotatable bonds is 6. The minimum absolute atomic E-state index is 0.0757. The van der Waals surface area contributed by atoms with Crippen LogP contribution in [0.1, 0.15) is 12.5 Å². The highest BCUT2D eigenvalue weighted by Gasteiger charge is 2.03. The minimum Gasteiger partial charge on any atom is -0.484 e. The van der Waals surface area contributed by atoms with E-state index in [1.54, 1.807) is 12.1 Å². The fraction of sp³-hybridized carbons (Fsp3) is 0.0909. The highest BCUT2D eigenvalue weighted by molar-refractivity contribution is 5.99. The van der Waals surface area contributed by atoms with E-state index in [0.29, 0.717) is 5.75 Å². The first-order valence-electron chi connectivity index (χ1n) is 8.39. The predicted octanol–water partition coefficient (Wildman–Crippen LogP) is 4.27. The maximum atomic E-state index is 11.8. The van der Waals surface area contributed by atoms with Gasteiger partial charge < -0.3 is 4.74 Å². The van der Waals surface area contributed by atoms with Gasteiger partial charge in [0.1, 0.15) is 5.75 Å². The minimum atomic E-state index is -0.297. The highest BCUT2D eigenvalue weighted by Crippen LogP contribution is 2.19. The molecule has 0 atom stereocenters. The molecule has 3 aromatic carbocycles. The van der Waals surface area contributed by atoms with Crippen molar-refractivity contribution in [3.05, 3.63) is 90.5 Å². The Balaban J connectivity index is 1.56. The zero-order valence-corrected chi connectivity index (χ0v) is 14.6. The molecule has 0 fully saturated rings. The van der Waals surface area contributed by atoms with Crippen molar-refractivity contribution in [2.45, 2.75) is 6.92 Å². The number of para-hydroxylation sites is 1. The fourth-order valence-electron chi connectivity index (χ4n) is 2.44. The first kappa shape index (κ1) is 17.4. The monoisotopic (exact) mass is 344 g/mol. The van der Waals surface area contributed by atoms with E-state index in [1.807, 2.05) is 67.6 Å². The summed E-state index contributed by atoms with van der Waals surface area (Å²) in [6.45, 7) is 1.78. The summed E-state index contributed by atoms with van der Waals surface area (Å²) in [6, 6.07) is 27.5. The van der Waals surface area contributed by atoms with Gasteiger partial charge in [0.05, 0.1) is 5.71 Å². The van der Waals surface area contributed by atoms with Gasteiger partial charge >= 0.3 is 0 Å². The molecule has 0 bridgehead atoms. The SMILES string of the molecule is C/C(=N\NC(=O)COc1ccccc1)c1ccc(-c2ccccc2)cc1. The van der Waals surface area contributed by atoms with E-state index in [0.717, 1.165) is 16.8 Å². The molecule has 0 aliphatic heterocycles. The molecule has 4 nitrogen and oxygen atoms in total. The lowest BCUT2D eigenvalue weighted by Crippen LogP contribution is -2.25. The van der Waals surface area contributed by atoms with Gasteiger partial charge in [0.2, 0.25) is 0 Å². The number of carbonyl (C=O) groups is 1. The third-order valence-electron chi connectivity index (χ3n) is 3.87. The number of nitrogens with zero attached hydrogens (tertiary/aromatic N) is 1. The third kappa shape index (κ3) is 4.80. The molecule has 0 saturated heterocycles. The molecule has 1 N–H and O–H groups in total. The summed E-state index contributed by atoms with van der Waals surface area (Å²) < 4.78 is 5.39. The maximum Gasteiger partial charge on any atom is 0.277 e. The van der Waals surface area contributed by atoms with Crippen LogP contribution in [0, 0.1) is 0 Å². The summed E-state index contributed by atoms with van der Waals surface area (Å²) in [7, 11) is 0. The van der Waals surface area contributed by atoms with Gasteiger partial charge in [0, 0.05) is 0 Å². The molecule has 26 heavy (non-hydrogen) atoms. The predicted molar refractivity (Wildman–Crippen MR) is 104 cm³/mol. The zero-order valence-electron chi connectivity index (χ0n) is 14.6. The van der Waals surface area contributed by atoms with Crippen molar-refractivity contribution in [2.75, 3.05) is 6.61 Å². The van der Waals surface area contributed by atoms with E-state index in [2.05, 4.69) is 22.7 Å². The molecule has 0 spiro atoms. The summed E-state index contributed by atoms with van der Waals surface area (Å²) in [5.74, 6) is 0.356. The van der Waals surface area contributed by atoms with Crippen molar-refractivity contribution in [1.82, 2.24) is 5.43 Å². The van der Waals surface area contributed by atoms with Gasteiger partial charge in [-0.2, -0.15) is 5.10 Å². The molecule has 1 amide bonds. The molecule has 0 aliphatic rings. The van der Waals surface area contributed by atoms with Crippen LogP contribution in [-0.2, 0) is 4.79 Å². The van der Waals surface area contributed by atoms with Crippen LogP contribution < -0.4 is 10.2 Å². The number of hydrogen-bond acceptors (Lipinski definition) is 3. The smallest absolute Gasteiger partial charge is 0.277 e. The largest absolute Gasteiger partial charge is 0.484 e. The Kier molecular flexibility index (Phi) is 5.78. The highest BCUT2D eigenvalue weighted by atomic mass is 16.5.